The molecule has 0 saturated carbocycles. The van der Waals surface area contributed by atoms with Crippen LogP contribution in [0.3, 0.4) is 0 Å². The summed E-state index contributed by atoms with van der Waals surface area (Å²) >= 11 is 0. The third-order valence-electron chi connectivity index (χ3n) is 9.62. The Morgan fingerprint density at radius 3 is 2.11 bits per heavy atom. The molecule has 0 spiro atoms. The molecule has 0 radical (unpaired) electrons. The molecule has 8 rings (SSSR count). The normalized spacial score (nSPS) is 19.4. The van der Waals surface area contributed by atoms with Crippen LogP contribution >= 0.6 is 0 Å². The van der Waals surface area contributed by atoms with Gasteiger partial charge in [-0.15, -0.1) is 0 Å². The van der Waals surface area contributed by atoms with Crippen LogP contribution in [0.15, 0.2) is 60.7 Å². The summed E-state index contributed by atoms with van der Waals surface area (Å²) < 4.78 is 31.2. The first-order valence-electron chi connectivity index (χ1n) is 15.6. The second-order valence-electron chi connectivity index (χ2n) is 12.4. The summed E-state index contributed by atoms with van der Waals surface area (Å²) in [5, 5.41) is 0. The van der Waals surface area contributed by atoms with Gasteiger partial charge in [0.1, 0.15) is 11.5 Å². The van der Waals surface area contributed by atoms with Crippen molar-refractivity contribution in [3.8, 4) is 40.2 Å². The van der Waals surface area contributed by atoms with Crippen LogP contribution in [0.2, 0.25) is 0 Å². The number of methoxy groups -OCH3 is 3. The van der Waals surface area contributed by atoms with Gasteiger partial charge in [-0.1, -0.05) is 12.1 Å². The van der Waals surface area contributed by atoms with Crippen molar-refractivity contribution in [1.29, 1.82) is 0 Å². The monoisotopic (exact) mass is 607 g/mol. The number of nitrogens with zero attached hydrogens (tertiary/aromatic N) is 2. The highest BCUT2D eigenvalue weighted by molar-refractivity contribution is 5.64. The molecule has 0 amide bonds. The largest absolute Gasteiger partial charge is 0.493 e. The zero-order chi connectivity index (χ0) is 31.2. The van der Waals surface area contributed by atoms with Crippen LogP contribution < -0.4 is 29.4 Å². The van der Waals surface area contributed by atoms with E-state index in [1.54, 1.807) is 21.3 Å². The Balaban J connectivity index is 1.47. The van der Waals surface area contributed by atoms with E-state index in [4.69, 9.17) is 29.4 Å². The smallest absolute Gasteiger partial charge is 0.204 e. The van der Waals surface area contributed by atoms with Gasteiger partial charge in [-0.25, -0.2) is 0 Å². The molecular weight excluding hydrogens is 566 g/mol. The lowest BCUT2D eigenvalue weighted by molar-refractivity contribution is 0.220. The van der Waals surface area contributed by atoms with Gasteiger partial charge in [-0.2, -0.15) is 0 Å². The van der Waals surface area contributed by atoms with Gasteiger partial charge in [0.2, 0.25) is 5.75 Å². The van der Waals surface area contributed by atoms with Crippen LogP contribution in [-0.2, 0) is 25.7 Å². The SMILES string of the molecule is COc1cc2c3cc1Oc1c(OC)c(OC)cc4c1[C@@H](Cc1cc(N)cc(c1)Oc1ccc(cc1)C[C@@H]3N(C)CC2)N(C)CC4. The quantitative estimate of drug-likeness (QED) is 0.257. The van der Waals surface area contributed by atoms with Gasteiger partial charge in [0, 0.05) is 42.5 Å². The standard InChI is InChI=1S/C37H41N3O5/c1-39-12-10-24-18-32(41-3)33-21-29(24)30(39)16-22-6-8-27(9-7-22)44-28-15-23(14-26(38)20-28)17-31-35-25(11-13-40(31)2)19-34(42-4)36(43-5)37(35)45-33/h6-9,14-15,18-21,30-31H,10-13,16-17,38H2,1-5H3/t30-,31+/m0/s1. The van der Waals surface area contributed by atoms with E-state index in [0.29, 0.717) is 40.9 Å². The number of nitrogens with two attached hydrogens (primary N) is 1. The van der Waals surface area contributed by atoms with Gasteiger partial charge in [0.15, 0.2) is 23.0 Å². The minimum Gasteiger partial charge on any atom is -0.493 e. The fourth-order valence-electron chi connectivity index (χ4n) is 7.22. The average Bonchev–Trinajstić information content (AvgIpc) is 3.03. The number of hydrogen-bond donors (Lipinski definition) is 1. The van der Waals surface area contributed by atoms with E-state index < -0.39 is 0 Å². The maximum absolute atomic E-state index is 7.01. The van der Waals surface area contributed by atoms with Crippen LogP contribution in [0.1, 0.15) is 45.5 Å². The Morgan fingerprint density at radius 2 is 1.38 bits per heavy atom. The minimum absolute atomic E-state index is 0.0149. The molecule has 8 heteroatoms. The lowest BCUT2D eigenvalue weighted by Gasteiger charge is -2.37. The predicted molar refractivity (Wildman–Crippen MR) is 176 cm³/mol. The lowest BCUT2D eigenvalue weighted by Crippen LogP contribution is -2.34. The number of fused-ring (bicyclic) bond motifs is 2. The highest BCUT2D eigenvalue weighted by Crippen LogP contribution is 2.51. The fraction of sp³-hybridized carbons (Fsp3) is 0.351. The molecule has 4 aromatic carbocycles. The number of rotatable bonds is 3. The molecule has 2 atom stereocenters. The number of likely N-dealkylation sites (N-methyl/N-ethyl adjacent to an activating group) is 2. The molecule has 4 aromatic rings. The summed E-state index contributed by atoms with van der Waals surface area (Å²) in [6.45, 7) is 1.85. The third-order valence-corrected chi connectivity index (χ3v) is 9.62. The number of nitrogen functional groups attached to an aromatic ring is 1. The zero-order valence-electron chi connectivity index (χ0n) is 26.7. The Kier molecular flexibility index (Phi) is 7.71. The molecule has 0 unspecified atom stereocenters. The van der Waals surface area contributed by atoms with Crippen LogP contribution in [-0.4, -0.2) is 58.3 Å². The molecule has 4 aliphatic heterocycles. The van der Waals surface area contributed by atoms with Crippen LogP contribution in [0.4, 0.5) is 5.69 Å². The van der Waals surface area contributed by atoms with E-state index in [1.807, 2.05) is 24.3 Å². The van der Waals surface area contributed by atoms with Gasteiger partial charge < -0.3 is 29.4 Å². The summed E-state index contributed by atoms with van der Waals surface area (Å²) in [6, 6.07) is 21.0. The van der Waals surface area contributed by atoms with Gasteiger partial charge in [-0.3, -0.25) is 9.80 Å². The minimum atomic E-state index is -0.0149. The summed E-state index contributed by atoms with van der Waals surface area (Å²) in [7, 11) is 9.39. The van der Waals surface area contributed by atoms with Crippen LogP contribution in [0.5, 0.6) is 40.2 Å². The molecule has 6 bridgehead atoms. The zero-order valence-corrected chi connectivity index (χ0v) is 26.7. The summed E-state index contributed by atoms with van der Waals surface area (Å²) in [5.74, 6) is 4.73. The van der Waals surface area contributed by atoms with Crippen molar-refractivity contribution in [2.45, 2.75) is 37.8 Å². The van der Waals surface area contributed by atoms with Crippen molar-refractivity contribution in [2.75, 3.05) is 54.2 Å². The van der Waals surface area contributed by atoms with Crippen LogP contribution in [0, 0.1) is 0 Å². The fourth-order valence-corrected chi connectivity index (χ4v) is 7.22. The van der Waals surface area contributed by atoms with E-state index in [0.717, 1.165) is 55.0 Å². The van der Waals surface area contributed by atoms with E-state index >= 15 is 0 Å². The topological polar surface area (TPSA) is 78.6 Å². The predicted octanol–water partition coefficient (Wildman–Crippen LogP) is 6.74. The highest BCUT2D eigenvalue weighted by Gasteiger charge is 2.34. The van der Waals surface area contributed by atoms with E-state index in [2.05, 4.69) is 60.3 Å². The Labute approximate surface area is 265 Å². The summed E-state index contributed by atoms with van der Waals surface area (Å²) in [6.07, 6.45) is 3.35. The number of benzene rings is 4. The van der Waals surface area contributed by atoms with Gasteiger partial charge in [-0.05, 0) is 110 Å². The molecule has 234 valence electrons. The van der Waals surface area contributed by atoms with E-state index in [1.165, 1.54) is 22.3 Å². The first-order chi connectivity index (χ1) is 21.8. The second kappa shape index (κ2) is 11.8. The third kappa shape index (κ3) is 5.42. The first kappa shape index (κ1) is 29.3. The Bertz CT molecular complexity index is 1740. The van der Waals surface area contributed by atoms with E-state index in [-0.39, 0.29) is 12.1 Å². The van der Waals surface area contributed by atoms with Crippen molar-refractivity contribution >= 4 is 5.69 Å². The molecule has 0 fully saturated rings. The van der Waals surface area contributed by atoms with Crippen molar-refractivity contribution < 1.29 is 23.7 Å². The Hall–Kier alpha value is -4.40. The second-order valence-corrected chi connectivity index (χ2v) is 12.4. The number of anilines is 1. The molecule has 0 aromatic heterocycles. The maximum atomic E-state index is 7.01. The molecule has 8 nitrogen and oxygen atoms in total. The molecule has 0 aliphatic carbocycles. The van der Waals surface area contributed by atoms with Crippen LogP contribution in [0.25, 0.3) is 0 Å². The van der Waals surface area contributed by atoms with Gasteiger partial charge >= 0.3 is 0 Å². The summed E-state index contributed by atoms with van der Waals surface area (Å²) in [5.41, 5.74) is 14.2. The molecule has 4 aliphatic rings. The van der Waals surface area contributed by atoms with Gasteiger partial charge in [0.25, 0.3) is 0 Å². The first-order valence-corrected chi connectivity index (χ1v) is 15.6. The molecular formula is C37H41N3O5. The number of hydrogen-bond acceptors (Lipinski definition) is 8. The average molecular weight is 608 g/mol. The van der Waals surface area contributed by atoms with Crippen molar-refractivity contribution in [2.24, 2.45) is 0 Å². The molecule has 45 heavy (non-hydrogen) atoms. The summed E-state index contributed by atoms with van der Waals surface area (Å²) in [4.78, 5) is 4.80. The van der Waals surface area contributed by atoms with Gasteiger partial charge in [0.05, 0.1) is 21.3 Å². The number of ether oxygens (including phenoxy) is 5. The lowest BCUT2D eigenvalue weighted by atomic mass is 9.87. The van der Waals surface area contributed by atoms with Crippen molar-refractivity contribution in [3.63, 3.8) is 0 Å². The van der Waals surface area contributed by atoms with Crippen molar-refractivity contribution in [1.82, 2.24) is 9.80 Å². The van der Waals surface area contributed by atoms with Crippen molar-refractivity contribution in [3.05, 3.63) is 94.0 Å². The highest BCUT2D eigenvalue weighted by atomic mass is 16.5. The van der Waals surface area contributed by atoms with E-state index in [9.17, 15) is 0 Å². The maximum Gasteiger partial charge on any atom is 0.204 e. The Morgan fingerprint density at radius 1 is 0.689 bits per heavy atom. The molecule has 4 heterocycles. The molecule has 0 saturated heterocycles. The molecule has 2 N–H and O–H groups in total.